The van der Waals surface area contributed by atoms with Crippen LogP contribution in [0.5, 0.6) is 0 Å². The summed E-state index contributed by atoms with van der Waals surface area (Å²) in [6.07, 6.45) is 0. The number of anilines is 1. The Labute approximate surface area is 145 Å². The van der Waals surface area contributed by atoms with Crippen LogP contribution in [0.15, 0.2) is 30.3 Å². The zero-order chi connectivity index (χ0) is 16.5. The van der Waals surface area contributed by atoms with Crippen molar-refractivity contribution in [2.75, 3.05) is 4.06 Å². The number of benzene rings is 1. The van der Waals surface area contributed by atoms with Crippen LogP contribution in [0.25, 0.3) is 0 Å². The van der Waals surface area contributed by atoms with Crippen molar-refractivity contribution in [3.05, 3.63) is 30.3 Å². The van der Waals surface area contributed by atoms with E-state index in [1.165, 1.54) is 0 Å². The third-order valence-electron chi connectivity index (χ3n) is 3.97. The fraction of sp³-hybridized carbons (Fsp3) is 0.500. The van der Waals surface area contributed by atoms with E-state index in [4.69, 9.17) is 51.7 Å². The van der Waals surface area contributed by atoms with E-state index in [1.54, 1.807) is 24.3 Å². The van der Waals surface area contributed by atoms with Crippen molar-refractivity contribution in [2.45, 2.75) is 38.9 Å². The summed E-state index contributed by atoms with van der Waals surface area (Å²) in [7, 11) is 30.2. The van der Waals surface area contributed by atoms with Crippen molar-refractivity contribution in [3.63, 3.8) is 0 Å². The molecular formula is C12H21Cl5NOSiZn. The predicted molar refractivity (Wildman–Crippen MR) is 97.6 cm³/mol. The van der Waals surface area contributed by atoms with Crippen LogP contribution < -0.4 is 4.06 Å². The molecule has 2 nitrogen and oxygen atoms in total. The van der Waals surface area contributed by atoms with Crippen LogP contribution in [-0.2, 0) is 10.1 Å². The number of rotatable bonds is 7. The van der Waals surface area contributed by atoms with Crippen LogP contribution in [-0.4, -0.2) is 8.32 Å². The van der Waals surface area contributed by atoms with Crippen LogP contribution >= 0.6 is 48.5 Å². The summed E-state index contributed by atoms with van der Waals surface area (Å²) < 4.78 is 8.83. The molecule has 0 aromatic heterocycles. The number of hydrogen-bond acceptors (Lipinski definition) is 2. The van der Waals surface area contributed by atoms with Crippen molar-refractivity contribution < 1.29 is 10.1 Å². The topological polar surface area (TPSA) is 21.3 Å². The molecule has 0 aliphatic heterocycles. The Morgan fingerprint density at radius 1 is 0.905 bits per heavy atom. The predicted octanol–water partition coefficient (Wildman–Crippen LogP) is 7.48. The number of para-hydroxylation sites is 1. The number of nitrogens with one attached hydrogen (secondary N) is 1. The van der Waals surface area contributed by atoms with E-state index in [-0.39, 0.29) is 0 Å². The minimum atomic E-state index is -7.14. The van der Waals surface area contributed by atoms with Crippen LogP contribution in [0.2, 0.25) is 18.1 Å². The van der Waals surface area contributed by atoms with Crippen LogP contribution in [0, 0.1) is 0 Å². The molecule has 0 aliphatic rings. The second-order valence-electron chi connectivity index (χ2n) is 6.30. The molecular weight excluding hydrogens is 445 g/mol. The van der Waals surface area contributed by atoms with Gasteiger partial charge in [-0.05, 0) is 0 Å². The number of hydrogen-bond donors (Lipinski definition) is 1. The Hall–Kier alpha value is 1.27. The van der Waals surface area contributed by atoms with E-state index in [2.05, 4.69) is 4.06 Å². The summed E-state index contributed by atoms with van der Waals surface area (Å²) in [5.74, 6) is 0. The zero-order valence-electron chi connectivity index (χ0n) is 12.5. The van der Waals surface area contributed by atoms with Gasteiger partial charge in [0.15, 0.2) is 0 Å². The zero-order valence-corrected chi connectivity index (χ0v) is 20.3. The molecule has 0 bridgehead atoms. The molecule has 0 radical (unpaired) electrons. The maximum absolute atomic E-state index is 7.14. The van der Waals surface area contributed by atoms with Gasteiger partial charge >= 0.3 is 146 Å². The molecule has 0 spiro atoms. The van der Waals surface area contributed by atoms with Gasteiger partial charge in [-0.25, -0.2) is 0 Å². The Balaban J connectivity index is 3.34. The van der Waals surface area contributed by atoms with Gasteiger partial charge in [0.1, 0.15) is 0 Å². The molecule has 1 rings (SSSR count). The molecule has 0 fully saturated rings. The molecule has 1 aromatic carbocycles. The van der Waals surface area contributed by atoms with Gasteiger partial charge in [0.05, 0.1) is 0 Å². The average molecular weight is 466 g/mol. The minimum absolute atomic E-state index is 0.512. The van der Waals surface area contributed by atoms with Gasteiger partial charge < -0.3 is 0 Å². The Morgan fingerprint density at radius 3 is 1.71 bits per heavy atom. The second kappa shape index (κ2) is 5.13. The standard InChI is InChI=1S/C6H6N.C6H15OSi.5ClH.Zn/c7-6-4-2-1-3-5-6;1-4-8(7,5-2)6-3;;;;;;/h1-5,7H;4-6H2,1-3H3;5*1H;/q2*-1;;;;;;+7/p-5. The van der Waals surface area contributed by atoms with Crippen molar-refractivity contribution in [2.24, 2.45) is 0 Å². The Kier molecular flexibility index (Phi) is 4.96. The summed E-state index contributed by atoms with van der Waals surface area (Å²) in [6.45, 7) is -1.11. The molecule has 1 N–H and O–H groups in total. The van der Waals surface area contributed by atoms with Gasteiger partial charge in [-0.15, -0.1) is 0 Å². The summed E-state index contributed by atoms with van der Waals surface area (Å²) >= 11 is 0. The third kappa shape index (κ3) is 6.35. The van der Waals surface area contributed by atoms with E-state index < -0.39 is 15.2 Å². The molecule has 9 heteroatoms. The van der Waals surface area contributed by atoms with E-state index in [0.717, 1.165) is 18.1 Å². The first kappa shape index (κ1) is 20.3. The quantitative estimate of drug-likeness (QED) is 0.421. The summed E-state index contributed by atoms with van der Waals surface area (Å²) in [5, 5.41) is 0. The van der Waals surface area contributed by atoms with E-state index in [0.29, 0.717) is 5.69 Å². The van der Waals surface area contributed by atoms with Gasteiger partial charge in [0.25, 0.3) is 0 Å². The first-order chi connectivity index (χ1) is 9.18. The van der Waals surface area contributed by atoms with Gasteiger partial charge in [-0.3, -0.25) is 0 Å². The van der Waals surface area contributed by atoms with Crippen molar-refractivity contribution in [1.82, 2.24) is 0 Å². The summed E-state index contributed by atoms with van der Waals surface area (Å²) in [5.41, 5.74) is 0.512. The average Bonchev–Trinajstić information content (AvgIpc) is 2.35. The Morgan fingerprint density at radius 2 is 1.33 bits per heavy atom. The second-order valence-corrected chi connectivity index (χ2v) is 78.2. The maximum atomic E-state index is 6.52. The van der Waals surface area contributed by atoms with Crippen LogP contribution in [0.3, 0.4) is 0 Å². The van der Waals surface area contributed by atoms with Crippen molar-refractivity contribution >= 4 is 62.5 Å². The van der Waals surface area contributed by atoms with E-state index in [9.17, 15) is 0 Å². The monoisotopic (exact) mass is 462 g/mol. The fourth-order valence-corrected chi connectivity index (χ4v) is 44.5. The molecule has 1 aromatic rings. The van der Waals surface area contributed by atoms with Gasteiger partial charge in [-0.2, -0.15) is 0 Å². The molecule has 121 valence electrons. The summed E-state index contributed by atoms with van der Waals surface area (Å²) in [6, 6.07) is 11.2. The van der Waals surface area contributed by atoms with Crippen molar-refractivity contribution in [1.29, 1.82) is 0 Å². The molecule has 0 amide bonds. The molecule has 0 saturated heterocycles. The SMILES string of the molecule is CC[Si](CC)(CC)[O][Zn]([Cl])([Cl])([Cl])([Cl])([Cl])[NH]c1ccccc1. The molecule has 0 saturated carbocycles. The molecule has 0 unspecified atom stereocenters. The van der Waals surface area contributed by atoms with Gasteiger partial charge in [0.2, 0.25) is 0 Å². The van der Waals surface area contributed by atoms with Crippen molar-refractivity contribution in [3.8, 4) is 0 Å². The molecule has 0 heterocycles. The number of halogens is 5. The molecule has 0 aliphatic carbocycles. The van der Waals surface area contributed by atoms with Gasteiger partial charge in [-0.1, -0.05) is 0 Å². The van der Waals surface area contributed by atoms with Crippen LogP contribution in [0.1, 0.15) is 20.8 Å². The molecule has 0 atom stereocenters. The summed E-state index contributed by atoms with van der Waals surface area (Å²) in [4.78, 5) is 0. The first-order valence-electron chi connectivity index (χ1n) is 7.53. The normalized spacial score (nSPS) is 18.2. The first-order valence-corrected chi connectivity index (χ1v) is 32.2. The fourth-order valence-electron chi connectivity index (χ4n) is 2.85. The third-order valence-corrected chi connectivity index (χ3v) is 31.9. The van der Waals surface area contributed by atoms with E-state index >= 15 is 0 Å². The van der Waals surface area contributed by atoms with E-state index in [1.807, 2.05) is 26.8 Å². The molecule has 21 heavy (non-hydrogen) atoms. The van der Waals surface area contributed by atoms with Gasteiger partial charge in [0, 0.05) is 0 Å². The Bertz CT molecular complexity index is 513. The van der Waals surface area contributed by atoms with Crippen LogP contribution in [0.4, 0.5) is 5.69 Å².